The van der Waals surface area contributed by atoms with Crippen LogP contribution in [-0.4, -0.2) is 18.3 Å². The molecule has 1 amide bonds. The summed E-state index contributed by atoms with van der Waals surface area (Å²) in [7, 11) is 0. The quantitative estimate of drug-likeness (QED) is 0.721. The molecular weight excluding hydrogens is 198 g/mol. The fraction of sp³-hybridized carbons (Fsp3) is 0.909. The third kappa shape index (κ3) is 3.16. The number of carbonyl (C=O) groups excluding carboxylic acids is 1. The van der Waals surface area contributed by atoms with Crippen molar-refractivity contribution in [3.05, 3.63) is 0 Å². The third-order valence-electron chi connectivity index (χ3n) is 2.97. The third-order valence-corrected chi connectivity index (χ3v) is 3.64. The normalized spacial score (nSPS) is 18.5. The van der Waals surface area contributed by atoms with Crippen LogP contribution in [0.3, 0.4) is 0 Å². The molecule has 0 atom stereocenters. The fourth-order valence-electron chi connectivity index (χ4n) is 1.75. The summed E-state index contributed by atoms with van der Waals surface area (Å²) in [5.41, 5.74) is -0.430. The van der Waals surface area contributed by atoms with E-state index in [1.165, 1.54) is 25.7 Å². The SMILES string of the molecule is CC(C)(CCl)C(=O)NCC1CCCC1. The van der Waals surface area contributed by atoms with E-state index in [9.17, 15) is 4.79 Å². The highest BCUT2D eigenvalue weighted by molar-refractivity contribution is 6.19. The topological polar surface area (TPSA) is 29.1 Å². The van der Waals surface area contributed by atoms with E-state index in [4.69, 9.17) is 11.6 Å². The van der Waals surface area contributed by atoms with E-state index in [-0.39, 0.29) is 5.91 Å². The number of halogens is 1. The van der Waals surface area contributed by atoms with Crippen molar-refractivity contribution in [2.75, 3.05) is 12.4 Å². The standard InChI is InChI=1S/C11H20ClNO/c1-11(2,8-12)10(14)13-7-9-5-3-4-6-9/h9H,3-8H2,1-2H3,(H,13,14). The Balaban J connectivity index is 2.26. The highest BCUT2D eigenvalue weighted by Crippen LogP contribution is 2.24. The highest BCUT2D eigenvalue weighted by atomic mass is 35.5. The minimum Gasteiger partial charge on any atom is -0.355 e. The number of nitrogens with one attached hydrogen (secondary N) is 1. The van der Waals surface area contributed by atoms with Gasteiger partial charge in [-0.25, -0.2) is 0 Å². The van der Waals surface area contributed by atoms with Crippen molar-refractivity contribution in [3.8, 4) is 0 Å². The lowest BCUT2D eigenvalue weighted by Crippen LogP contribution is -2.40. The Morgan fingerprint density at radius 3 is 2.50 bits per heavy atom. The van der Waals surface area contributed by atoms with Gasteiger partial charge in [0.25, 0.3) is 0 Å². The number of hydrogen-bond acceptors (Lipinski definition) is 1. The first-order chi connectivity index (χ1) is 6.56. The summed E-state index contributed by atoms with van der Waals surface area (Å²) in [6, 6.07) is 0. The van der Waals surface area contributed by atoms with E-state index >= 15 is 0 Å². The molecule has 2 nitrogen and oxygen atoms in total. The van der Waals surface area contributed by atoms with Crippen LogP contribution < -0.4 is 5.32 Å². The summed E-state index contributed by atoms with van der Waals surface area (Å²) >= 11 is 5.72. The lowest BCUT2D eigenvalue weighted by molar-refractivity contribution is -0.128. The van der Waals surface area contributed by atoms with Crippen molar-refractivity contribution >= 4 is 17.5 Å². The van der Waals surface area contributed by atoms with Gasteiger partial charge in [0.15, 0.2) is 0 Å². The van der Waals surface area contributed by atoms with Gasteiger partial charge in [-0.05, 0) is 32.6 Å². The van der Waals surface area contributed by atoms with E-state index in [2.05, 4.69) is 5.32 Å². The van der Waals surface area contributed by atoms with Crippen molar-refractivity contribution in [1.82, 2.24) is 5.32 Å². The molecule has 0 heterocycles. The first-order valence-corrected chi connectivity index (χ1v) is 5.94. The van der Waals surface area contributed by atoms with Gasteiger partial charge in [-0.2, -0.15) is 0 Å². The monoisotopic (exact) mass is 217 g/mol. The van der Waals surface area contributed by atoms with Gasteiger partial charge in [0.05, 0.1) is 5.41 Å². The average Bonchev–Trinajstić information content (AvgIpc) is 2.66. The number of hydrogen-bond donors (Lipinski definition) is 1. The van der Waals surface area contributed by atoms with E-state index < -0.39 is 5.41 Å². The summed E-state index contributed by atoms with van der Waals surface area (Å²) in [6.07, 6.45) is 5.17. The van der Waals surface area contributed by atoms with Gasteiger partial charge in [-0.3, -0.25) is 4.79 Å². The van der Waals surface area contributed by atoms with Crippen LogP contribution in [0.2, 0.25) is 0 Å². The molecule has 1 saturated carbocycles. The van der Waals surface area contributed by atoms with Gasteiger partial charge in [0.1, 0.15) is 0 Å². The largest absolute Gasteiger partial charge is 0.355 e. The first-order valence-electron chi connectivity index (χ1n) is 5.40. The van der Waals surface area contributed by atoms with Gasteiger partial charge in [-0.15, -0.1) is 11.6 Å². The van der Waals surface area contributed by atoms with E-state index in [1.54, 1.807) is 0 Å². The summed E-state index contributed by atoms with van der Waals surface area (Å²) in [5, 5.41) is 2.99. The Labute approximate surface area is 91.4 Å². The van der Waals surface area contributed by atoms with Crippen LogP contribution in [0.25, 0.3) is 0 Å². The lowest BCUT2D eigenvalue weighted by Gasteiger charge is -2.21. The molecule has 0 aromatic rings. The van der Waals surface area contributed by atoms with Gasteiger partial charge in [-0.1, -0.05) is 12.8 Å². The van der Waals surface area contributed by atoms with E-state index in [0.717, 1.165) is 6.54 Å². The maximum atomic E-state index is 11.7. The molecule has 1 aliphatic rings. The molecule has 1 fully saturated rings. The molecule has 0 saturated heterocycles. The molecule has 0 aromatic carbocycles. The lowest BCUT2D eigenvalue weighted by atomic mass is 9.95. The van der Waals surface area contributed by atoms with Crippen LogP contribution >= 0.6 is 11.6 Å². The van der Waals surface area contributed by atoms with Crippen LogP contribution in [0.4, 0.5) is 0 Å². The summed E-state index contributed by atoms with van der Waals surface area (Å²) in [4.78, 5) is 11.7. The van der Waals surface area contributed by atoms with E-state index in [0.29, 0.717) is 11.8 Å². The molecule has 0 aromatic heterocycles. The summed E-state index contributed by atoms with van der Waals surface area (Å²) < 4.78 is 0. The molecule has 82 valence electrons. The second-order valence-corrected chi connectivity index (χ2v) is 5.15. The Hall–Kier alpha value is -0.240. The molecule has 3 heteroatoms. The second-order valence-electron chi connectivity index (χ2n) is 4.88. The Morgan fingerprint density at radius 1 is 1.43 bits per heavy atom. The number of amides is 1. The van der Waals surface area contributed by atoms with Crippen LogP contribution in [0.1, 0.15) is 39.5 Å². The van der Waals surface area contributed by atoms with Gasteiger partial charge < -0.3 is 5.32 Å². The van der Waals surface area contributed by atoms with Gasteiger partial charge in [0.2, 0.25) is 5.91 Å². The first kappa shape index (κ1) is 11.8. The van der Waals surface area contributed by atoms with Crippen molar-refractivity contribution in [1.29, 1.82) is 0 Å². The molecule has 0 bridgehead atoms. The molecule has 1 rings (SSSR count). The zero-order valence-electron chi connectivity index (χ0n) is 9.11. The number of rotatable bonds is 4. The Bertz CT molecular complexity index is 197. The molecule has 14 heavy (non-hydrogen) atoms. The maximum absolute atomic E-state index is 11.7. The van der Waals surface area contributed by atoms with Crippen LogP contribution in [0.15, 0.2) is 0 Å². The van der Waals surface area contributed by atoms with Crippen LogP contribution in [0, 0.1) is 11.3 Å². The fourth-order valence-corrected chi connectivity index (χ4v) is 1.87. The Kier molecular flexibility index (Phi) is 4.24. The smallest absolute Gasteiger partial charge is 0.226 e. The van der Waals surface area contributed by atoms with Crippen LogP contribution in [0.5, 0.6) is 0 Å². The average molecular weight is 218 g/mol. The zero-order chi connectivity index (χ0) is 10.6. The maximum Gasteiger partial charge on any atom is 0.226 e. The minimum absolute atomic E-state index is 0.0828. The molecule has 0 spiro atoms. The van der Waals surface area contributed by atoms with Crippen molar-refractivity contribution in [2.45, 2.75) is 39.5 Å². The molecule has 1 N–H and O–H groups in total. The minimum atomic E-state index is -0.430. The predicted octanol–water partition coefficient (Wildman–Crippen LogP) is 2.56. The van der Waals surface area contributed by atoms with Gasteiger partial charge >= 0.3 is 0 Å². The summed E-state index contributed by atoms with van der Waals surface area (Å²) in [5.74, 6) is 1.16. The molecule has 0 aliphatic heterocycles. The number of carbonyl (C=O) groups is 1. The van der Waals surface area contributed by atoms with Gasteiger partial charge in [0, 0.05) is 12.4 Å². The predicted molar refractivity (Wildman–Crippen MR) is 59.5 cm³/mol. The van der Waals surface area contributed by atoms with Crippen LogP contribution in [-0.2, 0) is 4.79 Å². The van der Waals surface area contributed by atoms with Crippen molar-refractivity contribution in [2.24, 2.45) is 11.3 Å². The second kappa shape index (κ2) is 5.01. The highest BCUT2D eigenvalue weighted by Gasteiger charge is 2.27. The molecule has 0 unspecified atom stereocenters. The molecule has 0 radical (unpaired) electrons. The Morgan fingerprint density at radius 2 is 2.00 bits per heavy atom. The molecule has 1 aliphatic carbocycles. The zero-order valence-corrected chi connectivity index (χ0v) is 9.86. The van der Waals surface area contributed by atoms with E-state index in [1.807, 2.05) is 13.8 Å². The van der Waals surface area contributed by atoms with Crippen molar-refractivity contribution in [3.63, 3.8) is 0 Å². The summed E-state index contributed by atoms with van der Waals surface area (Å²) in [6.45, 7) is 4.59. The molecular formula is C11H20ClNO. The number of alkyl halides is 1. The van der Waals surface area contributed by atoms with Crippen molar-refractivity contribution < 1.29 is 4.79 Å².